The van der Waals surface area contributed by atoms with E-state index in [0.29, 0.717) is 34.9 Å². The first-order valence-corrected chi connectivity index (χ1v) is 11.6. The zero-order valence-corrected chi connectivity index (χ0v) is 19.4. The van der Waals surface area contributed by atoms with Gasteiger partial charge in [-0.1, -0.05) is 13.3 Å². The fraction of sp³-hybridized carbons (Fsp3) is 0.333. The molecular weight excluding hydrogens is 475 g/mol. The van der Waals surface area contributed by atoms with Crippen LogP contribution in [-0.4, -0.2) is 35.6 Å². The molecule has 0 N–H and O–H groups in total. The summed E-state index contributed by atoms with van der Waals surface area (Å²) in [5.74, 6) is 0.251. The number of fused-ring (bicyclic) bond motifs is 6. The van der Waals surface area contributed by atoms with E-state index in [4.69, 9.17) is 43.4 Å². The number of hydrogen-bond donors (Lipinski definition) is 0. The van der Waals surface area contributed by atoms with Gasteiger partial charge in [0, 0.05) is 34.2 Å². The molecule has 1 aromatic carbocycles. The van der Waals surface area contributed by atoms with Crippen LogP contribution in [0, 0.1) is 0 Å². The average Bonchev–Trinajstić information content (AvgIpc) is 3.42. The van der Waals surface area contributed by atoms with Gasteiger partial charge < -0.3 is 23.5 Å². The topological polar surface area (TPSA) is 106 Å². The maximum absolute atomic E-state index is 13.5. The van der Waals surface area contributed by atoms with Crippen LogP contribution in [0.2, 0.25) is 0 Å². The zero-order valence-electron chi connectivity index (χ0n) is 18.7. The highest BCUT2D eigenvalue weighted by Gasteiger charge is 2.47. The van der Waals surface area contributed by atoms with Crippen LogP contribution in [0.3, 0.4) is 0 Å². The number of unbranched alkanes of at least 4 members (excludes halogenated alkanes) is 1. The molecule has 176 valence electrons. The van der Waals surface area contributed by atoms with Gasteiger partial charge in [-0.15, -0.1) is 0 Å². The molecule has 11 heteroatoms. The largest absolute Gasteiger partial charge is 0.458 e. The molecule has 0 unspecified atom stereocenters. The molecule has 9 nitrogen and oxygen atoms in total. The summed E-state index contributed by atoms with van der Waals surface area (Å²) in [6.45, 7) is 2.27. The molecular formula is C24H18BClN2O7. The molecule has 5 heterocycles. The first-order valence-electron chi connectivity index (χ1n) is 11.2. The number of carbonyl (C=O) groups excluding carboxylic acids is 2. The molecule has 3 aromatic rings. The van der Waals surface area contributed by atoms with Crippen LogP contribution in [0.25, 0.3) is 22.3 Å². The molecule has 0 fully saturated rings. The summed E-state index contributed by atoms with van der Waals surface area (Å²) in [7, 11) is 6.14. The van der Waals surface area contributed by atoms with Gasteiger partial charge in [-0.2, -0.15) is 0 Å². The predicted molar refractivity (Wildman–Crippen MR) is 125 cm³/mol. The van der Waals surface area contributed by atoms with Crippen LogP contribution in [0.5, 0.6) is 11.5 Å². The maximum Gasteiger partial charge on any atom is 0.404 e. The van der Waals surface area contributed by atoms with Crippen molar-refractivity contribution in [2.24, 2.45) is 0 Å². The van der Waals surface area contributed by atoms with E-state index in [2.05, 4.69) is 6.92 Å². The summed E-state index contributed by atoms with van der Waals surface area (Å²) in [5, 5.41) is 0.940. The Morgan fingerprint density at radius 2 is 1.97 bits per heavy atom. The Bertz CT molecular complexity index is 1520. The fourth-order valence-electron chi connectivity index (χ4n) is 5.03. The van der Waals surface area contributed by atoms with Gasteiger partial charge in [0.15, 0.2) is 24.8 Å². The number of rotatable bonds is 4. The Morgan fingerprint density at radius 1 is 1.20 bits per heavy atom. The summed E-state index contributed by atoms with van der Waals surface area (Å²) in [6.07, 6.45) is 2.72. The number of aryl methyl sites for hydroxylation is 1. The third-order valence-corrected chi connectivity index (χ3v) is 6.81. The molecule has 0 amide bonds. The normalized spacial score (nSPS) is 19.2. The second-order valence-corrected chi connectivity index (χ2v) is 9.02. The Kier molecular flexibility index (Phi) is 4.86. The lowest BCUT2D eigenvalue weighted by molar-refractivity contribution is -0.161. The van der Waals surface area contributed by atoms with E-state index in [1.54, 1.807) is 10.6 Å². The van der Waals surface area contributed by atoms with Gasteiger partial charge >= 0.3 is 11.4 Å². The van der Waals surface area contributed by atoms with E-state index in [1.807, 2.05) is 12.1 Å². The molecule has 0 saturated heterocycles. The van der Waals surface area contributed by atoms with Gasteiger partial charge in [0.05, 0.1) is 29.0 Å². The molecule has 2 aromatic heterocycles. The lowest BCUT2D eigenvalue weighted by atomic mass is 9.72. The van der Waals surface area contributed by atoms with Crippen LogP contribution in [0.4, 0.5) is 4.79 Å². The van der Waals surface area contributed by atoms with Crippen LogP contribution in [0.1, 0.15) is 42.0 Å². The molecule has 3 aliphatic rings. The number of aromatic nitrogens is 2. The Hall–Kier alpha value is -3.53. The smallest absolute Gasteiger partial charge is 0.404 e. The van der Waals surface area contributed by atoms with E-state index in [1.165, 1.54) is 0 Å². The van der Waals surface area contributed by atoms with Gasteiger partial charge in [-0.25, -0.2) is 14.6 Å². The van der Waals surface area contributed by atoms with E-state index in [0.717, 1.165) is 35.8 Å². The van der Waals surface area contributed by atoms with Gasteiger partial charge in [-0.3, -0.25) is 4.79 Å². The highest BCUT2D eigenvalue weighted by Crippen LogP contribution is 2.43. The molecule has 35 heavy (non-hydrogen) atoms. The van der Waals surface area contributed by atoms with Crippen LogP contribution in [-0.2, 0) is 39.3 Å². The molecule has 0 bridgehead atoms. The number of ether oxygens (including phenoxy) is 4. The summed E-state index contributed by atoms with van der Waals surface area (Å²) < 4.78 is 22.7. The fourth-order valence-corrected chi connectivity index (χ4v) is 5.15. The summed E-state index contributed by atoms with van der Waals surface area (Å²) in [4.78, 5) is 42.4. The van der Waals surface area contributed by atoms with Crippen molar-refractivity contribution in [3.8, 4) is 22.9 Å². The molecule has 1 atom stereocenters. The van der Waals surface area contributed by atoms with Crippen molar-refractivity contribution in [3.05, 3.63) is 50.8 Å². The average molecular weight is 493 g/mol. The molecule has 2 radical (unpaired) electrons. The summed E-state index contributed by atoms with van der Waals surface area (Å²) in [6, 6.07) is 5.33. The van der Waals surface area contributed by atoms with Crippen molar-refractivity contribution >= 4 is 41.7 Å². The third-order valence-electron chi connectivity index (χ3n) is 6.73. The number of halogens is 1. The number of nitrogens with zero attached hydrogens (tertiary/aromatic N) is 2. The van der Waals surface area contributed by atoms with Crippen molar-refractivity contribution in [2.45, 2.75) is 44.8 Å². The number of pyridine rings is 2. The van der Waals surface area contributed by atoms with E-state index < -0.39 is 22.5 Å². The molecule has 0 saturated carbocycles. The maximum atomic E-state index is 13.5. The minimum Gasteiger partial charge on any atom is -0.458 e. The number of hydrogen-bond acceptors (Lipinski definition) is 8. The minimum atomic E-state index is -2.34. The van der Waals surface area contributed by atoms with Crippen molar-refractivity contribution in [1.82, 2.24) is 9.55 Å². The van der Waals surface area contributed by atoms with Crippen molar-refractivity contribution < 1.29 is 28.5 Å². The number of cyclic esters (lactones) is 1. The minimum absolute atomic E-state index is 0.0366. The number of esters is 1. The first kappa shape index (κ1) is 22.0. The highest BCUT2D eigenvalue weighted by molar-refractivity contribution is 6.61. The second kappa shape index (κ2) is 7.74. The predicted octanol–water partition coefficient (Wildman–Crippen LogP) is 3.25. The van der Waals surface area contributed by atoms with Gasteiger partial charge in [0.25, 0.3) is 5.56 Å². The molecule has 0 aliphatic carbocycles. The van der Waals surface area contributed by atoms with Crippen LogP contribution < -0.4 is 15.0 Å². The van der Waals surface area contributed by atoms with Crippen molar-refractivity contribution in [1.29, 1.82) is 0 Å². The van der Waals surface area contributed by atoms with E-state index in [-0.39, 0.29) is 24.5 Å². The summed E-state index contributed by atoms with van der Waals surface area (Å²) >= 11 is 5.39. The lowest BCUT2D eigenvalue weighted by Gasteiger charge is -2.33. The van der Waals surface area contributed by atoms with Crippen LogP contribution in [0.15, 0.2) is 23.0 Å². The number of carbonyl (C=O) groups is 2. The highest BCUT2D eigenvalue weighted by atomic mass is 35.5. The Labute approximate surface area is 205 Å². The van der Waals surface area contributed by atoms with Crippen molar-refractivity contribution in [2.75, 3.05) is 6.79 Å². The lowest BCUT2D eigenvalue weighted by Crippen LogP contribution is -2.47. The van der Waals surface area contributed by atoms with Gasteiger partial charge in [-0.05, 0) is 30.5 Å². The molecule has 3 aliphatic heterocycles. The van der Waals surface area contributed by atoms with E-state index >= 15 is 0 Å². The third kappa shape index (κ3) is 3.16. The van der Waals surface area contributed by atoms with Gasteiger partial charge in [0.2, 0.25) is 6.79 Å². The quantitative estimate of drug-likeness (QED) is 0.243. The molecule has 6 rings (SSSR count). The Balaban J connectivity index is 1.61. The molecule has 0 spiro atoms. The standard InChI is InChI=1S/C24H18BClN2O7/c1-2-3-4-11-12-5-18-19(34-10-33-18)7-16(12)27-20-13(11)8-28-17(20)6-15-14(21(28)29)9-32-22(30)24(15,25)35-23(26)31/h5-7H,2-4,8-10H2,1H3/t24-/m0/s1. The first-order chi connectivity index (χ1) is 16.8. The van der Waals surface area contributed by atoms with Crippen LogP contribution >= 0.6 is 11.6 Å². The monoisotopic (exact) mass is 492 g/mol. The number of benzene rings is 1. The summed E-state index contributed by atoms with van der Waals surface area (Å²) in [5.41, 5.74) is -0.115. The zero-order chi connectivity index (χ0) is 24.5. The Morgan fingerprint density at radius 3 is 2.71 bits per heavy atom. The van der Waals surface area contributed by atoms with Gasteiger partial charge in [0.1, 0.15) is 6.61 Å². The van der Waals surface area contributed by atoms with Crippen molar-refractivity contribution in [3.63, 3.8) is 0 Å². The SMILES string of the molecule is [B][C@@]1(OC(=O)Cl)C(=O)OCc2c1cc1n(c2=O)Cc2c-1nc1cc3c(cc1c2CCCC)OCO3. The second-order valence-electron chi connectivity index (χ2n) is 8.71. The van der Waals surface area contributed by atoms with E-state index in [9.17, 15) is 14.4 Å².